The van der Waals surface area contributed by atoms with Crippen molar-refractivity contribution in [3.05, 3.63) is 106 Å². The smallest absolute Gasteiger partial charge is 0.232 e. The fourth-order valence-electron chi connectivity index (χ4n) is 5.31. The normalized spacial score (nSPS) is 18.0. The van der Waals surface area contributed by atoms with Crippen molar-refractivity contribution < 1.29 is 14.3 Å². The molecule has 1 atom stereocenters. The molecule has 4 heteroatoms. The first kappa shape index (κ1) is 23.1. The third-order valence-electron chi connectivity index (χ3n) is 7.23. The lowest BCUT2D eigenvalue weighted by molar-refractivity contribution is -0.119. The summed E-state index contributed by atoms with van der Waals surface area (Å²) in [4.78, 5) is 28.5. The maximum Gasteiger partial charge on any atom is 0.232 e. The zero-order valence-corrected chi connectivity index (χ0v) is 20.4. The maximum absolute atomic E-state index is 13.5. The number of Topliss-reactive ketones (excluding diaryl/α,β-unsaturated/α-hetero) is 1. The first-order valence-corrected chi connectivity index (χ1v) is 12.5. The van der Waals surface area contributed by atoms with Crippen molar-refractivity contribution in [3.63, 3.8) is 0 Å². The molecule has 4 nitrogen and oxygen atoms in total. The number of ketones is 1. The summed E-state index contributed by atoms with van der Waals surface area (Å²) >= 11 is 0. The van der Waals surface area contributed by atoms with Crippen molar-refractivity contribution in [1.82, 2.24) is 0 Å². The molecular weight excluding hydrogens is 434 g/mol. The van der Waals surface area contributed by atoms with Crippen molar-refractivity contribution in [3.8, 4) is 5.75 Å². The molecule has 0 spiro atoms. The summed E-state index contributed by atoms with van der Waals surface area (Å²) in [6.45, 7) is 4.68. The van der Waals surface area contributed by atoms with E-state index in [0.717, 1.165) is 58.7 Å². The maximum atomic E-state index is 13.5. The van der Waals surface area contributed by atoms with Crippen LogP contribution in [0.1, 0.15) is 60.8 Å². The Bertz CT molecular complexity index is 1290. The molecule has 0 fully saturated rings. The van der Waals surface area contributed by atoms with E-state index in [1.807, 2.05) is 59.5 Å². The van der Waals surface area contributed by atoms with Crippen LogP contribution in [0.4, 0.5) is 5.69 Å². The molecule has 0 N–H and O–H groups in total. The van der Waals surface area contributed by atoms with Gasteiger partial charge in [0.1, 0.15) is 12.4 Å². The fourth-order valence-corrected chi connectivity index (χ4v) is 5.31. The molecule has 5 rings (SSSR count). The summed E-state index contributed by atoms with van der Waals surface area (Å²) in [5, 5.41) is 0. The number of ether oxygens (including phenoxy) is 1. The van der Waals surface area contributed by atoms with Crippen molar-refractivity contribution >= 4 is 17.4 Å². The average molecular weight is 466 g/mol. The van der Waals surface area contributed by atoms with E-state index >= 15 is 0 Å². The number of rotatable bonds is 6. The van der Waals surface area contributed by atoms with Crippen molar-refractivity contribution in [2.75, 3.05) is 4.90 Å². The lowest BCUT2D eigenvalue weighted by atomic mass is 9.77. The Labute approximate surface area is 207 Å². The second kappa shape index (κ2) is 9.91. The van der Waals surface area contributed by atoms with E-state index in [9.17, 15) is 9.59 Å². The quantitative estimate of drug-likeness (QED) is 0.409. The van der Waals surface area contributed by atoms with Gasteiger partial charge in [-0.3, -0.25) is 14.5 Å². The number of allylic oxidation sites excluding steroid dienone is 2. The predicted molar refractivity (Wildman–Crippen MR) is 139 cm³/mol. The van der Waals surface area contributed by atoms with E-state index in [4.69, 9.17) is 4.74 Å². The zero-order chi connectivity index (χ0) is 24.4. The Morgan fingerprint density at radius 3 is 2.34 bits per heavy atom. The van der Waals surface area contributed by atoms with Gasteiger partial charge in [-0.05, 0) is 66.6 Å². The highest BCUT2D eigenvalue weighted by atomic mass is 16.5. The number of aryl methyl sites for hydroxylation is 2. The third-order valence-corrected chi connectivity index (χ3v) is 7.23. The van der Waals surface area contributed by atoms with Crippen LogP contribution in [0.5, 0.6) is 5.75 Å². The van der Waals surface area contributed by atoms with Crippen LogP contribution < -0.4 is 9.64 Å². The zero-order valence-electron chi connectivity index (χ0n) is 20.4. The molecule has 0 aromatic heterocycles. The summed E-state index contributed by atoms with van der Waals surface area (Å²) in [5.74, 6) is 0.800. The number of carbonyl (C=O) groups excluding carboxylic acids is 2. The lowest BCUT2D eigenvalue weighted by Gasteiger charge is -2.39. The number of para-hydroxylation sites is 1. The average Bonchev–Trinajstić information content (AvgIpc) is 2.88. The summed E-state index contributed by atoms with van der Waals surface area (Å²) in [6, 6.07) is 24.1. The van der Waals surface area contributed by atoms with Gasteiger partial charge in [-0.15, -0.1) is 0 Å². The predicted octanol–water partition coefficient (Wildman–Crippen LogP) is 6.66. The van der Waals surface area contributed by atoms with Crippen LogP contribution in [0.2, 0.25) is 0 Å². The largest absolute Gasteiger partial charge is 0.489 e. The molecule has 2 aliphatic rings. The molecular formula is C31H31NO3. The fraction of sp³-hybridized carbons (Fsp3) is 0.290. The highest BCUT2D eigenvalue weighted by Crippen LogP contribution is 2.44. The molecule has 3 aromatic rings. The molecule has 0 radical (unpaired) electrons. The van der Waals surface area contributed by atoms with E-state index in [1.54, 1.807) is 0 Å². The third kappa shape index (κ3) is 4.53. The first-order valence-electron chi connectivity index (χ1n) is 12.5. The number of benzene rings is 3. The summed E-state index contributed by atoms with van der Waals surface area (Å²) < 4.78 is 6.01. The van der Waals surface area contributed by atoms with Gasteiger partial charge in [-0.2, -0.15) is 0 Å². The number of anilines is 1. The summed E-state index contributed by atoms with van der Waals surface area (Å²) in [6.07, 6.45) is 3.22. The number of carbonyl (C=O) groups is 2. The topological polar surface area (TPSA) is 46.6 Å². The van der Waals surface area contributed by atoms with Gasteiger partial charge in [0, 0.05) is 30.0 Å². The second-order valence-corrected chi connectivity index (χ2v) is 9.39. The minimum Gasteiger partial charge on any atom is -0.489 e. The number of hydrogen-bond donors (Lipinski definition) is 0. The standard InChI is InChI=1S/C31H31NO3/c1-3-22-10-6-7-12-27(22)32-28-13-8-14-29(33)31(28)26(19-30(32)34)23-15-17-25(18-16-23)35-20-24-11-5-4-9-21(24)2/h4-7,9-12,15-18,26H,3,8,13-14,19-20H2,1-2H3. The Morgan fingerprint density at radius 1 is 0.886 bits per heavy atom. The molecule has 0 saturated carbocycles. The monoisotopic (exact) mass is 465 g/mol. The Kier molecular flexibility index (Phi) is 6.54. The number of hydrogen-bond acceptors (Lipinski definition) is 3. The molecule has 1 heterocycles. The molecule has 1 amide bonds. The molecule has 0 saturated heterocycles. The van der Waals surface area contributed by atoms with Gasteiger partial charge in [0.2, 0.25) is 5.91 Å². The van der Waals surface area contributed by atoms with Crippen LogP contribution in [0.3, 0.4) is 0 Å². The highest BCUT2D eigenvalue weighted by molar-refractivity contribution is 6.07. The van der Waals surface area contributed by atoms with Crippen molar-refractivity contribution in [2.24, 2.45) is 0 Å². The molecule has 3 aromatic carbocycles. The summed E-state index contributed by atoms with van der Waals surface area (Å²) in [5.41, 5.74) is 7.10. The lowest BCUT2D eigenvalue weighted by Crippen LogP contribution is -2.41. The van der Waals surface area contributed by atoms with Gasteiger partial charge in [0.15, 0.2) is 5.78 Å². The van der Waals surface area contributed by atoms with Gasteiger partial charge in [-0.25, -0.2) is 0 Å². The van der Waals surface area contributed by atoms with E-state index < -0.39 is 0 Å². The van der Waals surface area contributed by atoms with Crippen LogP contribution >= 0.6 is 0 Å². The Morgan fingerprint density at radius 2 is 1.60 bits per heavy atom. The molecule has 1 unspecified atom stereocenters. The Hall–Kier alpha value is -3.66. The van der Waals surface area contributed by atoms with E-state index in [2.05, 4.69) is 32.0 Å². The van der Waals surface area contributed by atoms with Crippen LogP contribution in [-0.4, -0.2) is 11.7 Å². The van der Waals surface area contributed by atoms with Gasteiger partial charge < -0.3 is 4.74 Å². The molecule has 35 heavy (non-hydrogen) atoms. The highest BCUT2D eigenvalue weighted by Gasteiger charge is 2.40. The molecule has 1 aliphatic carbocycles. The van der Waals surface area contributed by atoms with Crippen LogP contribution in [0.25, 0.3) is 0 Å². The van der Waals surface area contributed by atoms with Crippen molar-refractivity contribution in [1.29, 1.82) is 0 Å². The van der Waals surface area contributed by atoms with Gasteiger partial charge >= 0.3 is 0 Å². The number of amides is 1. The van der Waals surface area contributed by atoms with Crippen LogP contribution in [0, 0.1) is 6.92 Å². The molecule has 1 aliphatic heterocycles. The minimum atomic E-state index is -0.208. The summed E-state index contributed by atoms with van der Waals surface area (Å²) in [7, 11) is 0. The number of nitrogens with zero attached hydrogens (tertiary/aromatic N) is 1. The molecule has 178 valence electrons. The van der Waals surface area contributed by atoms with E-state index in [-0.39, 0.29) is 17.6 Å². The SMILES string of the molecule is CCc1ccccc1N1C(=O)CC(c2ccc(OCc3ccccc3C)cc2)C2=C1CCCC2=O. The Balaban J connectivity index is 1.45. The van der Waals surface area contributed by atoms with E-state index in [0.29, 0.717) is 19.4 Å². The van der Waals surface area contributed by atoms with Gasteiger partial charge in [-0.1, -0.05) is 61.5 Å². The van der Waals surface area contributed by atoms with Crippen LogP contribution in [-0.2, 0) is 22.6 Å². The van der Waals surface area contributed by atoms with E-state index in [1.165, 1.54) is 5.56 Å². The van der Waals surface area contributed by atoms with Gasteiger partial charge in [0.05, 0.1) is 5.69 Å². The van der Waals surface area contributed by atoms with Crippen LogP contribution in [0.15, 0.2) is 84.1 Å². The second-order valence-electron chi connectivity index (χ2n) is 9.39. The van der Waals surface area contributed by atoms with Crippen molar-refractivity contribution in [2.45, 2.75) is 58.5 Å². The van der Waals surface area contributed by atoms with Gasteiger partial charge in [0.25, 0.3) is 0 Å². The minimum absolute atomic E-state index is 0.0595. The first-order chi connectivity index (χ1) is 17.1. The molecule has 0 bridgehead atoms.